The Bertz CT molecular complexity index is 79.2. The molecule has 0 atom stereocenters. The van der Waals surface area contributed by atoms with Crippen LogP contribution in [0.2, 0.25) is 0 Å². The summed E-state index contributed by atoms with van der Waals surface area (Å²) in [5.41, 5.74) is 0. The molecule has 1 heteroatoms. The molecule has 14 heavy (non-hydrogen) atoms. The van der Waals surface area contributed by atoms with E-state index in [0.717, 1.165) is 0 Å². The molecule has 0 unspecified atom stereocenters. The Hall–Kier alpha value is 0.430. The van der Waals surface area contributed by atoms with Gasteiger partial charge in [0, 0.05) is 0 Å². The lowest BCUT2D eigenvalue weighted by molar-refractivity contribution is 0.603. The molecule has 0 saturated heterocycles. The van der Waals surface area contributed by atoms with E-state index < -0.39 is 0 Å². The summed E-state index contributed by atoms with van der Waals surface area (Å²) in [7, 11) is 1.70. The Morgan fingerprint density at radius 2 is 1.07 bits per heavy atom. The molecule has 0 aromatic rings. The molecule has 0 N–H and O–H groups in total. The maximum atomic E-state index is 2.28. The minimum atomic E-state index is 1.37. The zero-order chi connectivity index (χ0) is 10.5. The van der Waals surface area contributed by atoms with Crippen molar-refractivity contribution >= 4 is 8.58 Å². The van der Waals surface area contributed by atoms with Crippen LogP contribution in [0.25, 0.3) is 0 Å². The van der Waals surface area contributed by atoms with Gasteiger partial charge >= 0.3 is 0 Å². The lowest BCUT2D eigenvalue weighted by atomic mass is 10.1. The van der Waals surface area contributed by atoms with Crippen LogP contribution in [0.15, 0.2) is 0 Å². The highest BCUT2D eigenvalue weighted by Crippen LogP contribution is 2.16. The monoisotopic (exact) mass is 215 g/mol. The van der Waals surface area contributed by atoms with Gasteiger partial charge in [-0.15, -0.1) is 0 Å². The van der Waals surface area contributed by atoms with Crippen LogP contribution in [0, 0.1) is 0 Å². The molecule has 1 radical (unpaired) electrons. The zero-order valence-electron chi connectivity index (χ0n) is 10.2. The molecule has 0 rings (SSSR count). The van der Waals surface area contributed by atoms with Gasteiger partial charge < -0.3 is 0 Å². The third kappa shape index (κ3) is 12.4. The van der Waals surface area contributed by atoms with E-state index in [1.54, 1.807) is 8.58 Å². The molecule has 0 saturated carbocycles. The average molecular weight is 215 g/mol. The van der Waals surface area contributed by atoms with Crippen molar-refractivity contribution in [3.8, 4) is 0 Å². The van der Waals surface area contributed by atoms with Gasteiger partial charge in [0.15, 0.2) is 0 Å². The van der Waals surface area contributed by atoms with Crippen LogP contribution in [-0.4, -0.2) is 12.3 Å². The molecule has 0 heterocycles. The van der Waals surface area contributed by atoms with Crippen molar-refractivity contribution in [3.05, 3.63) is 0 Å². The van der Waals surface area contributed by atoms with Crippen LogP contribution in [-0.2, 0) is 0 Å². The third-order valence-electron chi connectivity index (χ3n) is 2.59. The van der Waals surface area contributed by atoms with E-state index in [1.165, 1.54) is 70.1 Å². The standard InChI is InChI=1S/C13H28P/c1-3-5-7-8-9-10-11-13-14-12-6-4-2/h3-13H2,1-2H3. The first-order chi connectivity index (χ1) is 6.91. The molecule has 0 aliphatic heterocycles. The SMILES string of the molecule is CCCCCCCCC[P]CCCC. The molecule has 0 amide bonds. The van der Waals surface area contributed by atoms with Crippen molar-refractivity contribution < 1.29 is 0 Å². The van der Waals surface area contributed by atoms with Gasteiger partial charge in [0.2, 0.25) is 0 Å². The van der Waals surface area contributed by atoms with Crippen LogP contribution in [0.4, 0.5) is 0 Å². The van der Waals surface area contributed by atoms with Crippen molar-refractivity contribution in [3.63, 3.8) is 0 Å². The second-order valence-corrected chi connectivity index (χ2v) is 5.49. The van der Waals surface area contributed by atoms with E-state index in [1.807, 2.05) is 0 Å². The van der Waals surface area contributed by atoms with Crippen molar-refractivity contribution in [2.75, 3.05) is 12.3 Å². The summed E-state index contributed by atoms with van der Waals surface area (Å²) in [6.45, 7) is 4.57. The first kappa shape index (κ1) is 14.4. The fourth-order valence-corrected chi connectivity index (χ4v) is 2.77. The van der Waals surface area contributed by atoms with E-state index in [-0.39, 0.29) is 0 Å². The van der Waals surface area contributed by atoms with Gasteiger partial charge in [0.05, 0.1) is 0 Å². The van der Waals surface area contributed by atoms with Gasteiger partial charge in [-0.2, -0.15) is 0 Å². The number of hydrogen-bond donors (Lipinski definition) is 0. The number of unbranched alkanes of at least 4 members (excludes halogenated alkanes) is 7. The Labute approximate surface area is 93.0 Å². The molecule has 0 fully saturated rings. The topological polar surface area (TPSA) is 0 Å². The maximum absolute atomic E-state index is 2.28. The lowest BCUT2D eigenvalue weighted by Gasteiger charge is -2.01. The molecule has 0 aromatic heterocycles. The van der Waals surface area contributed by atoms with Crippen LogP contribution < -0.4 is 0 Å². The molecule has 0 aliphatic rings. The maximum Gasteiger partial charge on any atom is -0.0287 e. The van der Waals surface area contributed by atoms with Gasteiger partial charge in [-0.3, -0.25) is 0 Å². The normalized spacial score (nSPS) is 11.6. The first-order valence-corrected chi connectivity index (χ1v) is 7.81. The summed E-state index contributed by atoms with van der Waals surface area (Å²) in [5, 5.41) is 0. The summed E-state index contributed by atoms with van der Waals surface area (Å²) in [4.78, 5) is 0. The molecular weight excluding hydrogens is 187 g/mol. The van der Waals surface area contributed by atoms with Crippen LogP contribution in [0.1, 0.15) is 71.6 Å². The predicted molar refractivity (Wildman–Crippen MR) is 69.6 cm³/mol. The van der Waals surface area contributed by atoms with Crippen LogP contribution >= 0.6 is 8.58 Å². The Morgan fingerprint density at radius 3 is 1.71 bits per heavy atom. The van der Waals surface area contributed by atoms with Gasteiger partial charge in [0.25, 0.3) is 0 Å². The molecule has 0 bridgehead atoms. The molecule has 0 nitrogen and oxygen atoms in total. The van der Waals surface area contributed by atoms with E-state index in [0.29, 0.717) is 0 Å². The first-order valence-electron chi connectivity index (χ1n) is 6.55. The lowest BCUT2D eigenvalue weighted by Crippen LogP contribution is -1.83. The van der Waals surface area contributed by atoms with E-state index in [2.05, 4.69) is 13.8 Å². The third-order valence-corrected chi connectivity index (χ3v) is 3.85. The number of hydrogen-bond acceptors (Lipinski definition) is 0. The van der Waals surface area contributed by atoms with Crippen LogP contribution in [0.5, 0.6) is 0 Å². The van der Waals surface area contributed by atoms with Gasteiger partial charge in [-0.25, -0.2) is 0 Å². The van der Waals surface area contributed by atoms with Crippen molar-refractivity contribution in [1.29, 1.82) is 0 Å². The largest absolute Gasteiger partial charge is 0.0810 e. The van der Waals surface area contributed by atoms with Crippen molar-refractivity contribution in [2.24, 2.45) is 0 Å². The summed E-state index contributed by atoms with van der Waals surface area (Å²) in [6, 6.07) is 0. The summed E-state index contributed by atoms with van der Waals surface area (Å²) in [5.74, 6) is 0. The highest BCUT2D eigenvalue weighted by atomic mass is 31.1. The Balaban J connectivity index is 2.78. The molecule has 85 valence electrons. The molecule has 0 spiro atoms. The molecule has 0 aliphatic carbocycles. The average Bonchev–Trinajstić information content (AvgIpc) is 2.21. The molecular formula is C13H28P. The minimum absolute atomic E-state index is 1.37. The highest BCUT2D eigenvalue weighted by molar-refractivity contribution is 7.37. The smallest absolute Gasteiger partial charge is 0.0287 e. The van der Waals surface area contributed by atoms with E-state index >= 15 is 0 Å². The fraction of sp³-hybridized carbons (Fsp3) is 1.00. The fourth-order valence-electron chi connectivity index (χ4n) is 1.56. The predicted octanol–water partition coefficient (Wildman–Crippen LogP) is 5.48. The Morgan fingerprint density at radius 1 is 0.571 bits per heavy atom. The zero-order valence-corrected chi connectivity index (χ0v) is 11.1. The second kappa shape index (κ2) is 13.4. The van der Waals surface area contributed by atoms with Gasteiger partial charge in [-0.05, 0) is 25.2 Å². The minimum Gasteiger partial charge on any atom is -0.0810 e. The highest BCUT2D eigenvalue weighted by Gasteiger charge is 1.91. The van der Waals surface area contributed by atoms with Gasteiger partial charge in [-0.1, -0.05) is 67.4 Å². The quantitative estimate of drug-likeness (QED) is 0.316. The second-order valence-electron chi connectivity index (χ2n) is 4.15. The van der Waals surface area contributed by atoms with Crippen molar-refractivity contribution in [2.45, 2.75) is 71.6 Å². The number of rotatable bonds is 11. The van der Waals surface area contributed by atoms with Gasteiger partial charge in [0.1, 0.15) is 0 Å². The van der Waals surface area contributed by atoms with E-state index in [9.17, 15) is 0 Å². The Kier molecular flexibility index (Phi) is 13.8. The molecule has 0 aromatic carbocycles. The van der Waals surface area contributed by atoms with Crippen molar-refractivity contribution in [1.82, 2.24) is 0 Å². The van der Waals surface area contributed by atoms with E-state index in [4.69, 9.17) is 0 Å². The summed E-state index contributed by atoms with van der Waals surface area (Å²) in [6.07, 6.45) is 15.8. The van der Waals surface area contributed by atoms with Crippen LogP contribution in [0.3, 0.4) is 0 Å². The summed E-state index contributed by atoms with van der Waals surface area (Å²) >= 11 is 0. The summed E-state index contributed by atoms with van der Waals surface area (Å²) < 4.78 is 0.